The largest absolute Gasteiger partial charge is 0.336 e. The summed E-state index contributed by atoms with van der Waals surface area (Å²) in [4.78, 5) is 34.6. The molecular weight excluding hydrogens is 509 g/mol. The number of halogens is 2. The van der Waals surface area contributed by atoms with Crippen molar-refractivity contribution in [3.63, 3.8) is 0 Å². The number of amides is 1. The molecule has 0 N–H and O–H groups in total. The maximum atomic E-state index is 13.2. The van der Waals surface area contributed by atoms with Gasteiger partial charge in [-0.05, 0) is 52.3 Å². The summed E-state index contributed by atoms with van der Waals surface area (Å²) in [5.74, 6) is -0.312. The van der Waals surface area contributed by atoms with E-state index in [4.69, 9.17) is 0 Å². The molecule has 1 aliphatic heterocycles. The van der Waals surface area contributed by atoms with E-state index in [2.05, 4.69) is 30.9 Å². The number of rotatable bonds is 4. The third-order valence-corrected chi connectivity index (χ3v) is 7.19. The fourth-order valence-corrected chi connectivity index (χ4v) is 5.17. The number of hydrogen-bond donors (Lipinski definition) is 0. The molecule has 0 bridgehead atoms. The number of carbonyl (C=O) groups is 1. The third-order valence-electron chi connectivity index (χ3n) is 5.54. The SMILES string of the molecule is O=C(c1ccccc1Br)N1CCN(Cc2cc(=O)n3nc(-c4ccc(F)cc4)sc3n2)CC1. The van der Waals surface area contributed by atoms with Crippen molar-refractivity contribution in [2.45, 2.75) is 6.54 Å². The zero-order valence-electron chi connectivity index (χ0n) is 17.4. The van der Waals surface area contributed by atoms with Gasteiger partial charge in [0.2, 0.25) is 4.96 Å². The van der Waals surface area contributed by atoms with Crippen LogP contribution >= 0.6 is 27.3 Å². The van der Waals surface area contributed by atoms with E-state index in [1.54, 1.807) is 12.1 Å². The Bertz CT molecular complexity index is 1380. The van der Waals surface area contributed by atoms with Gasteiger partial charge < -0.3 is 4.90 Å². The Labute approximate surface area is 201 Å². The molecule has 0 saturated carbocycles. The molecule has 4 aromatic rings. The summed E-state index contributed by atoms with van der Waals surface area (Å²) in [5, 5.41) is 4.95. The second-order valence-corrected chi connectivity index (χ2v) is 9.55. The van der Waals surface area contributed by atoms with Crippen LogP contribution in [0.5, 0.6) is 0 Å². The first-order valence-corrected chi connectivity index (χ1v) is 12.0. The maximum Gasteiger partial charge on any atom is 0.275 e. The van der Waals surface area contributed by atoms with E-state index in [9.17, 15) is 14.0 Å². The van der Waals surface area contributed by atoms with E-state index in [-0.39, 0.29) is 17.3 Å². The Hall–Kier alpha value is -2.95. The van der Waals surface area contributed by atoms with Crippen LogP contribution in [0.2, 0.25) is 0 Å². The monoisotopic (exact) mass is 527 g/mol. The smallest absolute Gasteiger partial charge is 0.275 e. The van der Waals surface area contributed by atoms with Crippen LogP contribution < -0.4 is 5.56 Å². The molecule has 1 fully saturated rings. The Morgan fingerprint density at radius 3 is 2.52 bits per heavy atom. The summed E-state index contributed by atoms with van der Waals surface area (Å²) in [6, 6.07) is 14.9. The van der Waals surface area contributed by atoms with Gasteiger partial charge in [0.25, 0.3) is 11.5 Å². The van der Waals surface area contributed by atoms with E-state index in [0.717, 1.165) is 10.0 Å². The van der Waals surface area contributed by atoms with Gasteiger partial charge in [0.1, 0.15) is 10.8 Å². The molecule has 5 rings (SSSR count). The second kappa shape index (κ2) is 9.12. The third kappa shape index (κ3) is 4.59. The van der Waals surface area contributed by atoms with Crippen LogP contribution in [-0.4, -0.2) is 56.5 Å². The normalized spacial score (nSPS) is 14.7. The van der Waals surface area contributed by atoms with Gasteiger partial charge in [-0.2, -0.15) is 9.61 Å². The number of carbonyl (C=O) groups excluding carboxylic acids is 1. The first kappa shape index (κ1) is 21.9. The van der Waals surface area contributed by atoms with E-state index in [1.165, 1.54) is 34.1 Å². The van der Waals surface area contributed by atoms with E-state index in [1.807, 2.05) is 29.2 Å². The highest BCUT2D eigenvalue weighted by atomic mass is 79.9. The summed E-state index contributed by atoms with van der Waals surface area (Å²) in [6.07, 6.45) is 0. The molecule has 0 aliphatic carbocycles. The summed E-state index contributed by atoms with van der Waals surface area (Å²) in [7, 11) is 0. The number of nitrogens with zero attached hydrogens (tertiary/aromatic N) is 5. The topological polar surface area (TPSA) is 70.8 Å². The second-order valence-electron chi connectivity index (χ2n) is 7.74. The molecule has 10 heteroatoms. The van der Waals surface area contributed by atoms with Crippen LogP contribution in [0.4, 0.5) is 4.39 Å². The van der Waals surface area contributed by atoms with Crippen molar-refractivity contribution in [2.24, 2.45) is 0 Å². The predicted molar refractivity (Wildman–Crippen MR) is 128 cm³/mol. The quantitative estimate of drug-likeness (QED) is 0.405. The molecule has 1 aliphatic rings. The lowest BCUT2D eigenvalue weighted by Gasteiger charge is -2.34. The molecule has 2 aromatic heterocycles. The lowest BCUT2D eigenvalue weighted by Crippen LogP contribution is -2.48. The first-order chi connectivity index (χ1) is 16.0. The van der Waals surface area contributed by atoms with E-state index < -0.39 is 0 Å². The Kier molecular flexibility index (Phi) is 6.05. The fraction of sp³-hybridized carbons (Fsp3) is 0.217. The zero-order valence-corrected chi connectivity index (χ0v) is 19.9. The molecule has 168 valence electrons. The molecule has 0 unspecified atom stereocenters. The molecule has 3 heterocycles. The molecule has 33 heavy (non-hydrogen) atoms. The molecule has 7 nitrogen and oxygen atoms in total. The van der Waals surface area contributed by atoms with Crippen LogP contribution in [0.25, 0.3) is 15.5 Å². The minimum absolute atomic E-state index is 0.0119. The number of benzene rings is 2. The summed E-state index contributed by atoms with van der Waals surface area (Å²) < 4.78 is 15.3. The van der Waals surface area contributed by atoms with Gasteiger partial charge in [0.15, 0.2) is 0 Å². The Morgan fingerprint density at radius 2 is 1.79 bits per heavy atom. The molecular formula is C23H19BrFN5O2S. The van der Waals surface area contributed by atoms with Crippen LogP contribution in [0.15, 0.2) is 63.9 Å². The van der Waals surface area contributed by atoms with Crippen molar-refractivity contribution in [3.05, 3.63) is 86.5 Å². The zero-order chi connectivity index (χ0) is 22.9. The average molecular weight is 528 g/mol. The summed E-state index contributed by atoms with van der Waals surface area (Å²) >= 11 is 4.74. The highest BCUT2D eigenvalue weighted by Gasteiger charge is 2.24. The average Bonchev–Trinajstić information content (AvgIpc) is 3.25. The van der Waals surface area contributed by atoms with Gasteiger partial charge in [-0.15, -0.1) is 0 Å². The maximum absolute atomic E-state index is 13.2. The van der Waals surface area contributed by atoms with E-state index in [0.29, 0.717) is 53.9 Å². The van der Waals surface area contributed by atoms with Gasteiger partial charge in [0.05, 0.1) is 11.3 Å². The van der Waals surface area contributed by atoms with Gasteiger partial charge >= 0.3 is 0 Å². The molecule has 1 amide bonds. The standard InChI is InChI=1S/C23H19BrFN5O2S/c24-19-4-2-1-3-18(19)22(32)29-11-9-28(10-12-29)14-17-13-20(31)30-23(26-17)33-21(27-30)15-5-7-16(25)8-6-15/h1-8,13H,9-12,14H2. The fourth-order valence-electron chi connectivity index (χ4n) is 3.79. The van der Waals surface area contributed by atoms with Gasteiger partial charge in [-0.1, -0.05) is 23.5 Å². The highest BCUT2D eigenvalue weighted by Crippen LogP contribution is 2.25. The van der Waals surface area contributed by atoms with Crippen molar-refractivity contribution < 1.29 is 9.18 Å². The van der Waals surface area contributed by atoms with Crippen LogP contribution in [0.3, 0.4) is 0 Å². The van der Waals surface area contributed by atoms with Crippen molar-refractivity contribution in [1.82, 2.24) is 24.4 Å². The van der Waals surface area contributed by atoms with Gasteiger partial charge in [0, 0.05) is 48.8 Å². The minimum atomic E-state index is -0.323. The van der Waals surface area contributed by atoms with Crippen LogP contribution in [0, 0.1) is 5.82 Å². The molecule has 0 radical (unpaired) electrons. The first-order valence-electron chi connectivity index (χ1n) is 10.4. The summed E-state index contributed by atoms with van der Waals surface area (Å²) in [5.41, 5.74) is 1.81. The molecule has 0 spiro atoms. The minimum Gasteiger partial charge on any atom is -0.336 e. The number of fused-ring (bicyclic) bond motifs is 1. The van der Waals surface area contributed by atoms with E-state index >= 15 is 0 Å². The number of hydrogen-bond acceptors (Lipinski definition) is 6. The lowest BCUT2D eigenvalue weighted by atomic mass is 10.2. The summed E-state index contributed by atoms with van der Waals surface area (Å²) in [6.45, 7) is 3.13. The van der Waals surface area contributed by atoms with Crippen molar-refractivity contribution in [1.29, 1.82) is 0 Å². The van der Waals surface area contributed by atoms with Crippen LogP contribution in [-0.2, 0) is 6.54 Å². The predicted octanol–water partition coefficient (Wildman–Crippen LogP) is 3.68. The van der Waals surface area contributed by atoms with Crippen molar-refractivity contribution >= 4 is 38.1 Å². The van der Waals surface area contributed by atoms with Crippen molar-refractivity contribution in [3.8, 4) is 10.6 Å². The van der Waals surface area contributed by atoms with Gasteiger partial charge in [-0.25, -0.2) is 9.37 Å². The van der Waals surface area contributed by atoms with Crippen molar-refractivity contribution in [2.75, 3.05) is 26.2 Å². The van der Waals surface area contributed by atoms with Crippen LogP contribution in [0.1, 0.15) is 16.1 Å². The number of piperazine rings is 1. The molecule has 1 saturated heterocycles. The lowest BCUT2D eigenvalue weighted by molar-refractivity contribution is 0.0626. The van der Waals surface area contributed by atoms with Gasteiger partial charge in [-0.3, -0.25) is 14.5 Å². The Morgan fingerprint density at radius 1 is 1.06 bits per heavy atom. The molecule has 0 atom stereocenters. The highest BCUT2D eigenvalue weighted by molar-refractivity contribution is 9.10. The number of aromatic nitrogens is 3. The molecule has 2 aromatic carbocycles. The Balaban J connectivity index is 1.28.